The second kappa shape index (κ2) is 11.0. The molecule has 0 amide bonds. The topological polar surface area (TPSA) is 63.7 Å². The minimum Gasteiger partial charge on any atom is -0.422 e. The van der Waals surface area contributed by atoms with E-state index in [2.05, 4.69) is 43.0 Å². The van der Waals surface area contributed by atoms with Crippen molar-refractivity contribution in [1.82, 2.24) is 0 Å². The van der Waals surface area contributed by atoms with Gasteiger partial charge in [-0.25, -0.2) is 9.59 Å². The first-order valence-corrected chi connectivity index (χ1v) is 16.1. The Hall–Kier alpha value is -5.68. The molecule has 8 aromatic rings. The van der Waals surface area contributed by atoms with Gasteiger partial charge in [0.2, 0.25) is 0 Å². The maximum Gasteiger partial charge on any atom is 0.344 e. The van der Waals surface area contributed by atoms with E-state index in [4.69, 9.17) is 8.83 Å². The number of nitrogens with zero attached hydrogens (tertiary/aromatic N) is 1. The van der Waals surface area contributed by atoms with Crippen LogP contribution in [0.5, 0.6) is 0 Å². The van der Waals surface area contributed by atoms with Gasteiger partial charge in [-0.1, -0.05) is 72.8 Å². The van der Waals surface area contributed by atoms with Gasteiger partial charge in [-0.3, -0.25) is 0 Å². The van der Waals surface area contributed by atoms with Gasteiger partial charge in [0.05, 0.1) is 11.1 Å². The van der Waals surface area contributed by atoms with E-state index in [0.29, 0.717) is 22.3 Å². The molecular formula is C42H33NO4. The van der Waals surface area contributed by atoms with Crippen molar-refractivity contribution >= 4 is 59.9 Å². The molecule has 6 aromatic carbocycles. The second-order valence-corrected chi connectivity index (χ2v) is 12.2. The van der Waals surface area contributed by atoms with Gasteiger partial charge in [-0.2, -0.15) is 0 Å². The number of benzene rings is 6. The van der Waals surface area contributed by atoms with Gasteiger partial charge < -0.3 is 13.7 Å². The predicted molar refractivity (Wildman–Crippen MR) is 195 cm³/mol. The highest BCUT2D eigenvalue weighted by molar-refractivity contribution is 6.24. The fraction of sp³-hybridized carbons (Fsp3) is 0.143. The maximum absolute atomic E-state index is 13.9. The summed E-state index contributed by atoms with van der Waals surface area (Å²) in [7, 11) is 0. The minimum atomic E-state index is -0.398. The summed E-state index contributed by atoms with van der Waals surface area (Å²) >= 11 is 0. The Morgan fingerprint density at radius 2 is 1.06 bits per heavy atom. The van der Waals surface area contributed by atoms with Gasteiger partial charge in [-0.05, 0) is 101 Å². The molecule has 0 aliphatic rings. The highest BCUT2D eigenvalue weighted by atomic mass is 16.4. The second-order valence-electron chi connectivity index (χ2n) is 12.2. The summed E-state index contributed by atoms with van der Waals surface area (Å²) in [4.78, 5) is 29.8. The van der Waals surface area contributed by atoms with Crippen molar-refractivity contribution in [3.63, 3.8) is 0 Å². The van der Waals surface area contributed by atoms with Crippen LogP contribution in [0.15, 0.2) is 122 Å². The predicted octanol–water partition coefficient (Wildman–Crippen LogP) is 10.2. The molecule has 0 aliphatic carbocycles. The number of hydrogen-bond donors (Lipinski definition) is 0. The Morgan fingerprint density at radius 1 is 0.532 bits per heavy atom. The maximum atomic E-state index is 13.9. The van der Waals surface area contributed by atoms with Crippen LogP contribution in [0.2, 0.25) is 0 Å². The van der Waals surface area contributed by atoms with Gasteiger partial charge in [0.25, 0.3) is 0 Å². The van der Waals surface area contributed by atoms with E-state index in [-0.39, 0.29) is 0 Å². The molecule has 0 fully saturated rings. The third kappa shape index (κ3) is 4.45. The third-order valence-electron chi connectivity index (χ3n) is 9.63. The van der Waals surface area contributed by atoms with Crippen LogP contribution >= 0.6 is 0 Å². The quantitative estimate of drug-likeness (QED) is 0.142. The first-order valence-electron chi connectivity index (χ1n) is 16.1. The molecule has 0 saturated carbocycles. The zero-order valence-electron chi connectivity index (χ0n) is 26.8. The number of fused-ring (bicyclic) bond motifs is 8. The van der Waals surface area contributed by atoms with E-state index in [9.17, 15) is 9.59 Å². The average molecular weight is 616 g/mol. The molecule has 0 atom stereocenters. The molecule has 0 unspecified atom stereocenters. The van der Waals surface area contributed by atoms with Crippen LogP contribution in [0.4, 0.5) is 5.69 Å². The summed E-state index contributed by atoms with van der Waals surface area (Å²) in [6, 6.07) is 34.3. The molecular weight excluding hydrogens is 582 g/mol. The molecule has 2 aromatic heterocycles. The molecule has 5 nitrogen and oxygen atoms in total. The Bertz CT molecular complexity index is 2680. The summed E-state index contributed by atoms with van der Waals surface area (Å²) in [5.41, 5.74) is 5.85. The van der Waals surface area contributed by atoms with Crippen molar-refractivity contribution < 1.29 is 8.83 Å². The Balaban J connectivity index is 1.38. The molecule has 0 aliphatic heterocycles. The molecule has 230 valence electrons. The summed E-state index contributed by atoms with van der Waals surface area (Å²) in [6.07, 6.45) is 0. The van der Waals surface area contributed by atoms with Crippen LogP contribution in [0.1, 0.15) is 25.0 Å². The molecule has 5 heteroatoms. The van der Waals surface area contributed by atoms with E-state index < -0.39 is 11.3 Å². The van der Waals surface area contributed by atoms with Crippen LogP contribution in [0, 0.1) is 13.8 Å². The normalized spacial score (nSPS) is 11.7. The minimum absolute atomic E-state index is 0.393. The Kier molecular flexibility index (Phi) is 6.73. The SMILES string of the molecule is CCN(CC)c1ccc2cc(-c3c(C)ccc4c(-c5cc6c7ccccc7c7ccccc7c6oc5=O)c(C)ccc34)c(=O)oc2c1. The summed E-state index contributed by atoms with van der Waals surface area (Å²) < 4.78 is 12.2. The Morgan fingerprint density at radius 3 is 1.68 bits per heavy atom. The monoisotopic (exact) mass is 615 g/mol. The zero-order valence-corrected chi connectivity index (χ0v) is 26.8. The van der Waals surface area contributed by atoms with Crippen molar-refractivity contribution in [1.29, 1.82) is 0 Å². The summed E-state index contributed by atoms with van der Waals surface area (Å²) in [5.74, 6) is 0. The van der Waals surface area contributed by atoms with E-state index in [1.165, 1.54) is 0 Å². The number of rotatable bonds is 5. The zero-order chi connectivity index (χ0) is 32.4. The first-order chi connectivity index (χ1) is 22.9. The lowest BCUT2D eigenvalue weighted by Gasteiger charge is -2.21. The highest BCUT2D eigenvalue weighted by Gasteiger charge is 2.21. The molecule has 0 saturated heterocycles. The fourth-order valence-corrected chi connectivity index (χ4v) is 7.31. The van der Waals surface area contributed by atoms with E-state index in [0.717, 1.165) is 84.1 Å². The molecule has 0 spiro atoms. The van der Waals surface area contributed by atoms with Crippen molar-refractivity contribution in [3.8, 4) is 22.3 Å². The number of anilines is 1. The molecule has 0 bridgehead atoms. The molecule has 0 N–H and O–H groups in total. The lowest BCUT2D eigenvalue weighted by atomic mass is 9.88. The highest BCUT2D eigenvalue weighted by Crippen LogP contribution is 2.40. The lowest BCUT2D eigenvalue weighted by Crippen LogP contribution is -2.21. The van der Waals surface area contributed by atoms with Crippen LogP contribution < -0.4 is 16.2 Å². The standard InChI is InChI=1S/C42H33NO4/c1-5-43(6-2)27-18-17-26-21-35(41(44)46-37(26)22-27)38-24(3)15-20-32-31(38)19-16-25(4)39(32)36-23-34-30-13-8-7-11-28(30)29-12-9-10-14-33(29)40(34)47-42(36)45/h7-23H,5-6H2,1-4H3. The van der Waals surface area contributed by atoms with Crippen LogP contribution in [0.25, 0.3) is 76.5 Å². The van der Waals surface area contributed by atoms with Gasteiger partial charge in [0, 0.05) is 41.0 Å². The molecule has 2 heterocycles. The first kappa shape index (κ1) is 28.8. The summed E-state index contributed by atoms with van der Waals surface area (Å²) in [5, 5.41) is 7.58. The Labute approximate surface area is 271 Å². The van der Waals surface area contributed by atoms with Gasteiger partial charge >= 0.3 is 11.3 Å². The molecule has 8 rings (SSSR count). The van der Waals surface area contributed by atoms with Gasteiger partial charge in [0.15, 0.2) is 0 Å². The summed E-state index contributed by atoms with van der Waals surface area (Å²) in [6.45, 7) is 9.96. The van der Waals surface area contributed by atoms with Crippen molar-refractivity contribution in [2.45, 2.75) is 27.7 Å². The van der Waals surface area contributed by atoms with Crippen LogP contribution in [-0.2, 0) is 0 Å². The van der Waals surface area contributed by atoms with Crippen molar-refractivity contribution in [2.75, 3.05) is 18.0 Å². The van der Waals surface area contributed by atoms with Crippen molar-refractivity contribution in [3.05, 3.63) is 135 Å². The molecule has 47 heavy (non-hydrogen) atoms. The van der Waals surface area contributed by atoms with E-state index >= 15 is 0 Å². The van der Waals surface area contributed by atoms with Crippen LogP contribution in [0.3, 0.4) is 0 Å². The third-order valence-corrected chi connectivity index (χ3v) is 9.63. The number of aryl methyl sites for hydroxylation is 2. The van der Waals surface area contributed by atoms with Gasteiger partial charge in [0.1, 0.15) is 11.2 Å². The lowest BCUT2D eigenvalue weighted by molar-refractivity contribution is 0.563. The number of hydrogen-bond acceptors (Lipinski definition) is 5. The van der Waals surface area contributed by atoms with Crippen molar-refractivity contribution in [2.24, 2.45) is 0 Å². The molecule has 0 radical (unpaired) electrons. The fourth-order valence-electron chi connectivity index (χ4n) is 7.31. The smallest absolute Gasteiger partial charge is 0.344 e. The van der Waals surface area contributed by atoms with E-state index in [1.54, 1.807) is 0 Å². The van der Waals surface area contributed by atoms with Gasteiger partial charge in [-0.15, -0.1) is 0 Å². The largest absolute Gasteiger partial charge is 0.422 e. The van der Waals surface area contributed by atoms with E-state index in [1.807, 2.05) is 92.7 Å². The average Bonchev–Trinajstić information content (AvgIpc) is 3.09. The van der Waals surface area contributed by atoms with Crippen LogP contribution in [-0.4, -0.2) is 13.1 Å².